The Morgan fingerprint density at radius 2 is 2.16 bits per heavy atom. The van der Waals surface area contributed by atoms with Crippen LogP contribution < -0.4 is 5.32 Å². The third kappa shape index (κ3) is 3.54. The molecule has 1 aromatic rings. The highest BCUT2D eigenvalue weighted by Crippen LogP contribution is 2.08. The monoisotopic (exact) mass is 262 g/mol. The molecule has 1 saturated heterocycles. The number of rotatable bonds is 3. The minimum Gasteiger partial charge on any atom is -0.445 e. The highest BCUT2D eigenvalue weighted by atomic mass is 16.6. The Hall–Kier alpha value is -1.88. The van der Waals surface area contributed by atoms with Crippen LogP contribution in [0.25, 0.3) is 0 Å². The van der Waals surface area contributed by atoms with Crippen molar-refractivity contribution in [2.24, 2.45) is 0 Å². The molecule has 1 atom stereocenters. The van der Waals surface area contributed by atoms with Crippen molar-refractivity contribution in [3.05, 3.63) is 35.9 Å². The summed E-state index contributed by atoms with van der Waals surface area (Å²) in [5.74, 6) is 0.0814. The molecule has 2 rings (SSSR count). The number of piperidine rings is 1. The number of benzene rings is 1. The molecule has 102 valence electrons. The zero-order valence-corrected chi connectivity index (χ0v) is 11.0. The maximum atomic E-state index is 11.9. The molecule has 0 bridgehead atoms. The van der Waals surface area contributed by atoms with Crippen LogP contribution in [0.15, 0.2) is 30.3 Å². The molecule has 0 spiro atoms. The molecule has 1 heterocycles. The number of carbonyl (C=O) groups excluding carboxylic acids is 2. The van der Waals surface area contributed by atoms with E-state index in [4.69, 9.17) is 4.74 Å². The number of nitrogens with zero attached hydrogens (tertiary/aromatic N) is 1. The first-order chi connectivity index (χ1) is 9.18. The fourth-order valence-corrected chi connectivity index (χ4v) is 2.03. The normalized spacial score (nSPS) is 19.0. The van der Waals surface area contributed by atoms with E-state index in [1.807, 2.05) is 30.3 Å². The lowest BCUT2D eigenvalue weighted by molar-refractivity contribution is -0.124. The van der Waals surface area contributed by atoms with Crippen molar-refractivity contribution in [1.82, 2.24) is 10.2 Å². The summed E-state index contributed by atoms with van der Waals surface area (Å²) in [6.07, 6.45) is -0.00746. The second kappa shape index (κ2) is 6.33. The maximum Gasteiger partial charge on any atom is 0.410 e. The zero-order valence-electron chi connectivity index (χ0n) is 11.0. The number of amides is 1. The van der Waals surface area contributed by atoms with Gasteiger partial charge in [-0.05, 0) is 5.56 Å². The Balaban J connectivity index is 1.87. The molecule has 0 saturated carbocycles. The average Bonchev–Trinajstić information content (AvgIpc) is 2.45. The number of nitrogens with one attached hydrogen (secondary N) is 1. The Bertz CT molecular complexity index is 447. The van der Waals surface area contributed by atoms with Crippen LogP contribution in [0.1, 0.15) is 12.0 Å². The van der Waals surface area contributed by atoms with Gasteiger partial charge in [0.2, 0.25) is 0 Å². The van der Waals surface area contributed by atoms with Crippen molar-refractivity contribution in [3.63, 3.8) is 0 Å². The van der Waals surface area contributed by atoms with Gasteiger partial charge in [-0.3, -0.25) is 9.69 Å². The highest BCUT2D eigenvalue weighted by Gasteiger charge is 2.29. The molecule has 1 aliphatic heterocycles. The van der Waals surface area contributed by atoms with Gasteiger partial charge >= 0.3 is 6.09 Å². The van der Waals surface area contributed by atoms with Crippen molar-refractivity contribution in [1.29, 1.82) is 0 Å². The van der Waals surface area contributed by atoms with Crippen LogP contribution in [0, 0.1) is 0 Å². The molecule has 1 aromatic carbocycles. The molecule has 19 heavy (non-hydrogen) atoms. The van der Waals surface area contributed by atoms with Crippen molar-refractivity contribution in [2.75, 3.05) is 20.1 Å². The molecular weight excluding hydrogens is 244 g/mol. The summed E-state index contributed by atoms with van der Waals surface area (Å²) in [7, 11) is 1.60. The summed E-state index contributed by atoms with van der Waals surface area (Å²) >= 11 is 0. The van der Waals surface area contributed by atoms with Gasteiger partial charge in [0.25, 0.3) is 0 Å². The topological polar surface area (TPSA) is 58.6 Å². The summed E-state index contributed by atoms with van der Waals surface area (Å²) in [6.45, 7) is 1.40. The largest absolute Gasteiger partial charge is 0.445 e. The predicted molar refractivity (Wildman–Crippen MR) is 70.7 cm³/mol. The fourth-order valence-electron chi connectivity index (χ4n) is 2.03. The molecule has 1 N–H and O–H groups in total. The molecule has 1 amide bonds. The molecule has 0 aromatic heterocycles. The minimum absolute atomic E-state index is 0.0814. The van der Waals surface area contributed by atoms with Gasteiger partial charge in [-0.25, -0.2) is 4.79 Å². The standard InChI is InChI=1S/C14H18N2O3/c1-16(12-9-15-8-7-13(12)17)14(18)19-10-11-5-3-2-4-6-11/h2-6,12,15H,7-10H2,1H3. The van der Waals surface area contributed by atoms with E-state index in [9.17, 15) is 9.59 Å². The quantitative estimate of drug-likeness (QED) is 0.889. The summed E-state index contributed by atoms with van der Waals surface area (Å²) in [5, 5.41) is 3.10. The van der Waals surface area contributed by atoms with Crippen LogP contribution in [0.3, 0.4) is 0 Å². The third-order valence-electron chi connectivity index (χ3n) is 3.22. The number of hydrogen-bond donors (Lipinski definition) is 1. The van der Waals surface area contributed by atoms with Gasteiger partial charge in [-0.15, -0.1) is 0 Å². The van der Waals surface area contributed by atoms with E-state index in [0.29, 0.717) is 19.5 Å². The van der Waals surface area contributed by atoms with E-state index in [-0.39, 0.29) is 12.4 Å². The fraction of sp³-hybridized carbons (Fsp3) is 0.429. The number of ether oxygens (including phenoxy) is 1. The predicted octanol–water partition coefficient (Wildman–Crippen LogP) is 1.19. The Morgan fingerprint density at radius 3 is 2.84 bits per heavy atom. The number of hydrogen-bond acceptors (Lipinski definition) is 4. The van der Waals surface area contributed by atoms with Crippen LogP contribution in [-0.2, 0) is 16.1 Å². The summed E-state index contributed by atoms with van der Waals surface area (Å²) < 4.78 is 5.20. The molecule has 1 aliphatic rings. The molecule has 0 aliphatic carbocycles. The van der Waals surface area contributed by atoms with E-state index in [1.54, 1.807) is 7.05 Å². The molecule has 1 unspecified atom stereocenters. The summed E-state index contributed by atoms with van der Waals surface area (Å²) in [4.78, 5) is 25.0. The second-order valence-corrected chi connectivity index (χ2v) is 4.59. The van der Waals surface area contributed by atoms with Crippen LogP contribution in [0.4, 0.5) is 4.79 Å². The first-order valence-corrected chi connectivity index (χ1v) is 6.35. The van der Waals surface area contributed by atoms with E-state index in [1.165, 1.54) is 4.90 Å². The van der Waals surface area contributed by atoms with Crippen molar-refractivity contribution >= 4 is 11.9 Å². The third-order valence-corrected chi connectivity index (χ3v) is 3.22. The number of Topliss-reactive ketones (excluding diaryl/α,β-unsaturated/α-hetero) is 1. The molecular formula is C14H18N2O3. The van der Waals surface area contributed by atoms with E-state index < -0.39 is 12.1 Å². The molecule has 5 nitrogen and oxygen atoms in total. The van der Waals surface area contributed by atoms with Crippen LogP contribution in [-0.4, -0.2) is 43.0 Å². The van der Waals surface area contributed by atoms with Gasteiger partial charge in [0, 0.05) is 26.6 Å². The summed E-state index contributed by atoms with van der Waals surface area (Å²) in [5.41, 5.74) is 0.928. The Kier molecular flexibility index (Phi) is 4.52. The number of carbonyl (C=O) groups is 2. The molecule has 0 radical (unpaired) electrons. The van der Waals surface area contributed by atoms with E-state index in [0.717, 1.165) is 5.56 Å². The lowest BCUT2D eigenvalue weighted by atomic mass is 10.1. The molecule has 1 fully saturated rings. The maximum absolute atomic E-state index is 11.9. The van der Waals surface area contributed by atoms with Crippen molar-refractivity contribution in [3.8, 4) is 0 Å². The lowest BCUT2D eigenvalue weighted by Crippen LogP contribution is -2.52. The van der Waals surface area contributed by atoms with E-state index in [2.05, 4.69) is 5.32 Å². The van der Waals surface area contributed by atoms with Gasteiger partial charge in [0.15, 0.2) is 5.78 Å². The average molecular weight is 262 g/mol. The van der Waals surface area contributed by atoms with Crippen molar-refractivity contribution < 1.29 is 14.3 Å². The minimum atomic E-state index is -0.467. The van der Waals surface area contributed by atoms with Crippen molar-refractivity contribution in [2.45, 2.75) is 19.1 Å². The van der Waals surface area contributed by atoms with Crippen LogP contribution in [0.5, 0.6) is 0 Å². The molecule has 5 heteroatoms. The Morgan fingerprint density at radius 1 is 1.42 bits per heavy atom. The van der Waals surface area contributed by atoms with Gasteiger partial charge in [0.1, 0.15) is 12.6 Å². The van der Waals surface area contributed by atoms with Gasteiger partial charge in [-0.2, -0.15) is 0 Å². The van der Waals surface area contributed by atoms with Crippen LogP contribution in [0.2, 0.25) is 0 Å². The zero-order chi connectivity index (χ0) is 13.7. The smallest absolute Gasteiger partial charge is 0.410 e. The van der Waals surface area contributed by atoms with Gasteiger partial charge in [-0.1, -0.05) is 30.3 Å². The van der Waals surface area contributed by atoms with E-state index >= 15 is 0 Å². The first-order valence-electron chi connectivity index (χ1n) is 6.35. The second-order valence-electron chi connectivity index (χ2n) is 4.59. The Labute approximate surface area is 112 Å². The lowest BCUT2D eigenvalue weighted by Gasteiger charge is -2.29. The first kappa shape index (κ1) is 13.5. The van der Waals surface area contributed by atoms with Gasteiger partial charge in [0.05, 0.1) is 0 Å². The highest BCUT2D eigenvalue weighted by molar-refractivity contribution is 5.88. The number of likely N-dealkylation sites (N-methyl/N-ethyl adjacent to an activating group) is 1. The summed E-state index contributed by atoms with van der Waals surface area (Å²) in [6, 6.07) is 9.05. The SMILES string of the molecule is CN(C(=O)OCc1ccccc1)C1CNCCC1=O. The number of ketones is 1. The van der Waals surface area contributed by atoms with Gasteiger partial charge < -0.3 is 10.1 Å². The van der Waals surface area contributed by atoms with Crippen LogP contribution >= 0.6 is 0 Å².